The molecule has 1 fully saturated rings. The Hall–Kier alpha value is -1.67. The predicted molar refractivity (Wildman–Crippen MR) is 83.5 cm³/mol. The molecule has 2 amide bonds. The van der Waals surface area contributed by atoms with Crippen LogP contribution in [0.15, 0.2) is 28.3 Å². The molecule has 0 bridgehead atoms. The first kappa shape index (κ1) is 14.3. The average Bonchev–Trinajstić information content (AvgIpc) is 3.06. The number of anilines is 1. The van der Waals surface area contributed by atoms with Gasteiger partial charge in [-0.25, -0.2) is 0 Å². The fraction of sp³-hybridized carbons (Fsp3) is 0.308. The second-order valence-electron chi connectivity index (χ2n) is 4.77. The predicted octanol–water partition coefficient (Wildman–Crippen LogP) is 1.73. The van der Waals surface area contributed by atoms with Gasteiger partial charge in [0.1, 0.15) is 6.54 Å². The minimum absolute atomic E-state index is 0.0850. The molecule has 1 aliphatic rings. The van der Waals surface area contributed by atoms with Gasteiger partial charge in [-0.3, -0.25) is 14.3 Å². The maximum absolute atomic E-state index is 12.3. The number of halogens is 1. The molecular formula is C13H13BrN4O2S. The number of amides is 2. The number of carbonyl (C=O) groups is 2. The number of piperazine rings is 1. The van der Waals surface area contributed by atoms with Crippen LogP contribution in [0.5, 0.6) is 0 Å². The Bertz CT molecular complexity index is 696. The molecule has 8 heteroatoms. The second-order valence-corrected chi connectivity index (χ2v) is 6.60. The summed E-state index contributed by atoms with van der Waals surface area (Å²) in [4.78, 5) is 28.5. The van der Waals surface area contributed by atoms with Crippen LogP contribution in [0.1, 0.15) is 9.67 Å². The molecular weight excluding hydrogens is 356 g/mol. The molecule has 0 aliphatic carbocycles. The summed E-state index contributed by atoms with van der Waals surface area (Å²) >= 11 is 4.71. The van der Waals surface area contributed by atoms with Crippen molar-refractivity contribution in [1.82, 2.24) is 14.7 Å². The Morgan fingerprint density at radius 2 is 2.24 bits per heavy atom. The smallest absolute Gasteiger partial charge is 0.264 e. The van der Waals surface area contributed by atoms with Crippen LogP contribution in [0, 0.1) is 0 Å². The summed E-state index contributed by atoms with van der Waals surface area (Å²) < 4.78 is 2.54. The van der Waals surface area contributed by atoms with Crippen LogP contribution in [0.4, 0.5) is 5.69 Å². The van der Waals surface area contributed by atoms with Gasteiger partial charge in [-0.2, -0.15) is 5.10 Å². The van der Waals surface area contributed by atoms with Crippen LogP contribution >= 0.6 is 27.3 Å². The minimum atomic E-state index is -0.0927. The van der Waals surface area contributed by atoms with E-state index < -0.39 is 0 Å². The zero-order chi connectivity index (χ0) is 15.0. The van der Waals surface area contributed by atoms with Crippen molar-refractivity contribution >= 4 is 44.8 Å². The van der Waals surface area contributed by atoms with Crippen LogP contribution in [0.2, 0.25) is 0 Å². The van der Waals surface area contributed by atoms with E-state index in [0.717, 1.165) is 10.2 Å². The lowest BCUT2D eigenvalue weighted by Gasteiger charge is -2.33. The van der Waals surface area contributed by atoms with Gasteiger partial charge in [0.05, 0.1) is 16.8 Å². The molecule has 0 N–H and O–H groups in total. The number of hydrogen-bond donors (Lipinski definition) is 0. The number of hydrogen-bond acceptors (Lipinski definition) is 4. The van der Waals surface area contributed by atoms with E-state index in [1.165, 1.54) is 11.3 Å². The lowest BCUT2D eigenvalue weighted by Crippen LogP contribution is -2.52. The van der Waals surface area contributed by atoms with Gasteiger partial charge < -0.3 is 9.80 Å². The lowest BCUT2D eigenvalue weighted by atomic mass is 10.2. The first-order valence-corrected chi connectivity index (χ1v) is 8.04. The van der Waals surface area contributed by atoms with E-state index >= 15 is 0 Å². The van der Waals surface area contributed by atoms with E-state index in [9.17, 15) is 9.59 Å². The molecule has 0 atom stereocenters. The van der Waals surface area contributed by atoms with E-state index in [2.05, 4.69) is 21.0 Å². The Balaban J connectivity index is 1.71. The standard InChI is InChI=1S/C13H13BrN4O2S/c1-16-6-10(5-15-16)18-3-2-17(7-12(18)19)13(20)11-4-9(14)8-21-11/h4-6,8H,2-3,7H2,1H3. The van der Waals surface area contributed by atoms with Gasteiger partial charge in [0.15, 0.2) is 0 Å². The van der Waals surface area contributed by atoms with Crippen LogP contribution in [0.3, 0.4) is 0 Å². The molecule has 1 saturated heterocycles. The Labute approximate surface area is 134 Å². The molecule has 0 aromatic carbocycles. The van der Waals surface area contributed by atoms with E-state index in [1.807, 2.05) is 12.4 Å². The van der Waals surface area contributed by atoms with Gasteiger partial charge in [-0.1, -0.05) is 0 Å². The number of nitrogens with zero attached hydrogens (tertiary/aromatic N) is 4. The van der Waals surface area contributed by atoms with Crippen LogP contribution in [0.25, 0.3) is 0 Å². The summed E-state index contributed by atoms with van der Waals surface area (Å²) in [6.07, 6.45) is 3.46. The van der Waals surface area contributed by atoms with Gasteiger partial charge >= 0.3 is 0 Å². The molecule has 21 heavy (non-hydrogen) atoms. The van der Waals surface area contributed by atoms with Gasteiger partial charge in [0, 0.05) is 36.2 Å². The number of aryl methyl sites for hydroxylation is 1. The second kappa shape index (κ2) is 5.61. The molecule has 0 saturated carbocycles. The molecule has 110 valence electrons. The van der Waals surface area contributed by atoms with E-state index in [1.54, 1.807) is 32.9 Å². The first-order valence-electron chi connectivity index (χ1n) is 6.37. The van der Waals surface area contributed by atoms with E-state index in [-0.39, 0.29) is 18.4 Å². The summed E-state index contributed by atoms with van der Waals surface area (Å²) in [5.41, 5.74) is 0.772. The van der Waals surface area contributed by atoms with Crippen LogP contribution in [-0.4, -0.2) is 46.1 Å². The SMILES string of the molecule is Cn1cc(N2CCN(C(=O)c3cc(Br)cs3)CC2=O)cn1. The normalized spacial score (nSPS) is 15.6. The third kappa shape index (κ3) is 2.86. The van der Waals surface area contributed by atoms with Crippen molar-refractivity contribution in [3.8, 4) is 0 Å². The van der Waals surface area contributed by atoms with Crippen LogP contribution in [-0.2, 0) is 11.8 Å². The maximum atomic E-state index is 12.3. The summed E-state index contributed by atoms with van der Waals surface area (Å²) in [5, 5.41) is 5.93. The number of thiophene rings is 1. The Kier molecular flexibility index (Phi) is 3.81. The van der Waals surface area contributed by atoms with Crippen LogP contribution < -0.4 is 4.90 Å². The van der Waals surface area contributed by atoms with Crippen molar-refractivity contribution < 1.29 is 9.59 Å². The molecule has 3 rings (SSSR count). The van der Waals surface area contributed by atoms with Gasteiger partial charge in [0.25, 0.3) is 5.91 Å². The molecule has 0 radical (unpaired) electrons. The highest BCUT2D eigenvalue weighted by Crippen LogP contribution is 2.23. The average molecular weight is 369 g/mol. The fourth-order valence-corrected chi connectivity index (χ4v) is 3.64. The highest BCUT2D eigenvalue weighted by molar-refractivity contribution is 9.10. The van der Waals surface area contributed by atoms with E-state index in [0.29, 0.717) is 18.0 Å². The summed E-state index contributed by atoms with van der Waals surface area (Å²) in [7, 11) is 1.81. The summed E-state index contributed by atoms with van der Waals surface area (Å²) in [6.45, 7) is 1.11. The molecule has 0 unspecified atom stereocenters. The summed E-state index contributed by atoms with van der Waals surface area (Å²) in [5.74, 6) is -0.178. The molecule has 2 aromatic rings. The topological polar surface area (TPSA) is 58.4 Å². The number of rotatable bonds is 2. The molecule has 6 nitrogen and oxygen atoms in total. The Morgan fingerprint density at radius 3 is 2.81 bits per heavy atom. The van der Waals surface area contributed by atoms with Crippen molar-refractivity contribution in [3.05, 3.63) is 33.2 Å². The fourth-order valence-electron chi connectivity index (χ4n) is 2.25. The number of aromatic nitrogens is 2. The lowest BCUT2D eigenvalue weighted by molar-refractivity contribution is -0.120. The highest BCUT2D eigenvalue weighted by atomic mass is 79.9. The monoisotopic (exact) mass is 368 g/mol. The van der Waals surface area contributed by atoms with Gasteiger partial charge in [-0.05, 0) is 22.0 Å². The van der Waals surface area contributed by atoms with Crippen molar-refractivity contribution in [2.45, 2.75) is 0 Å². The molecule has 0 spiro atoms. The van der Waals surface area contributed by atoms with E-state index in [4.69, 9.17) is 0 Å². The first-order chi connectivity index (χ1) is 10.0. The third-order valence-corrected chi connectivity index (χ3v) is 4.97. The molecule has 3 heterocycles. The van der Waals surface area contributed by atoms with Crippen molar-refractivity contribution in [2.24, 2.45) is 7.05 Å². The molecule has 2 aromatic heterocycles. The maximum Gasteiger partial charge on any atom is 0.264 e. The third-order valence-electron chi connectivity index (χ3n) is 3.29. The highest BCUT2D eigenvalue weighted by Gasteiger charge is 2.29. The quantitative estimate of drug-likeness (QED) is 0.810. The number of carbonyl (C=O) groups excluding carboxylic acids is 2. The van der Waals surface area contributed by atoms with Crippen molar-refractivity contribution in [2.75, 3.05) is 24.5 Å². The van der Waals surface area contributed by atoms with Gasteiger partial charge in [0.2, 0.25) is 5.91 Å². The van der Waals surface area contributed by atoms with Gasteiger partial charge in [-0.15, -0.1) is 11.3 Å². The molecule has 1 aliphatic heterocycles. The van der Waals surface area contributed by atoms with Crippen molar-refractivity contribution in [1.29, 1.82) is 0 Å². The largest absolute Gasteiger partial charge is 0.327 e. The minimum Gasteiger partial charge on any atom is -0.327 e. The zero-order valence-corrected chi connectivity index (χ0v) is 13.7. The Morgan fingerprint density at radius 1 is 1.43 bits per heavy atom. The zero-order valence-electron chi connectivity index (χ0n) is 11.3. The van der Waals surface area contributed by atoms with Crippen molar-refractivity contribution in [3.63, 3.8) is 0 Å². The summed E-state index contributed by atoms with van der Waals surface area (Å²) in [6, 6.07) is 1.78.